The fraction of sp³-hybridized carbons (Fsp3) is 0.545. The summed E-state index contributed by atoms with van der Waals surface area (Å²) in [6, 6.07) is 1.44. The van der Waals surface area contributed by atoms with Crippen LogP contribution in [-0.4, -0.2) is 48.1 Å². The fourth-order valence-electron chi connectivity index (χ4n) is 1.28. The molecule has 0 unspecified atom stereocenters. The molecule has 0 fully saturated rings. The van der Waals surface area contributed by atoms with Gasteiger partial charge in [-0.1, -0.05) is 0 Å². The molecule has 0 saturated heterocycles. The van der Waals surface area contributed by atoms with Crippen molar-refractivity contribution >= 4 is 5.91 Å². The molecule has 0 aromatic carbocycles. The number of amides is 1. The molecule has 9 heteroatoms. The Kier molecular flexibility index (Phi) is 5.26. The second-order valence-corrected chi connectivity index (χ2v) is 3.98. The first kappa shape index (κ1) is 16.2. The van der Waals surface area contributed by atoms with Gasteiger partial charge in [0.05, 0.1) is 19.2 Å². The van der Waals surface area contributed by atoms with Crippen LogP contribution in [0.3, 0.4) is 0 Å². The number of rotatable bonds is 5. The highest BCUT2D eigenvalue weighted by atomic mass is 19.4. The average molecular weight is 293 g/mol. The molecule has 0 bridgehead atoms. The lowest BCUT2D eigenvalue weighted by Crippen LogP contribution is -2.27. The van der Waals surface area contributed by atoms with Crippen LogP contribution in [0.5, 0.6) is 5.88 Å². The number of carbonyl (C=O) groups is 1. The zero-order chi connectivity index (χ0) is 15.3. The molecule has 1 amide bonds. The molecule has 0 atom stereocenters. The van der Waals surface area contributed by atoms with Gasteiger partial charge in [-0.25, -0.2) is 5.06 Å². The SMILES string of the molecule is CON(C)C(=O)Cc1cc(C)c(OCC(F)(F)F)nn1. The van der Waals surface area contributed by atoms with E-state index < -0.39 is 12.8 Å². The maximum atomic E-state index is 12.0. The summed E-state index contributed by atoms with van der Waals surface area (Å²) in [5.74, 6) is -0.566. The number of nitrogens with zero attached hydrogens (tertiary/aromatic N) is 3. The van der Waals surface area contributed by atoms with Crippen LogP contribution < -0.4 is 4.74 Å². The lowest BCUT2D eigenvalue weighted by atomic mass is 10.2. The van der Waals surface area contributed by atoms with Crippen LogP contribution in [0.4, 0.5) is 13.2 Å². The van der Waals surface area contributed by atoms with Gasteiger partial charge in [0, 0.05) is 12.6 Å². The quantitative estimate of drug-likeness (QED) is 0.765. The molecule has 0 aliphatic carbocycles. The van der Waals surface area contributed by atoms with Crippen molar-refractivity contribution in [3.63, 3.8) is 0 Å². The first-order chi connectivity index (χ1) is 9.23. The third-order valence-corrected chi connectivity index (χ3v) is 2.32. The molecule has 1 rings (SSSR count). The van der Waals surface area contributed by atoms with E-state index in [4.69, 9.17) is 4.84 Å². The Morgan fingerprint density at radius 2 is 2.05 bits per heavy atom. The van der Waals surface area contributed by atoms with Crippen molar-refractivity contribution in [2.75, 3.05) is 20.8 Å². The number of aromatic nitrogens is 2. The Bertz CT molecular complexity index is 480. The number of likely N-dealkylation sites (N-methyl/N-ethyl adjacent to an activating group) is 1. The van der Waals surface area contributed by atoms with Crippen molar-refractivity contribution in [3.05, 3.63) is 17.3 Å². The predicted molar refractivity (Wildman–Crippen MR) is 61.8 cm³/mol. The van der Waals surface area contributed by atoms with Gasteiger partial charge in [-0.2, -0.15) is 18.3 Å². The first-order valence-corrected chi connectivity index (χ1v) is 5.56. The van der Waals surface area contributed by atoms with Crippen molar-refractivity contribution < 1.29 is 27.5 Å². The van der Waals surface area contributed by atoms with E-state index in [-0.39, 0.29) is 18.2 Å². The molecular formula is C11H14F3N3O3. The number of halogens is 3. The topological polar surface area (TPSA) is 64.5 Å². The summed E-state index contributed by atoms with van der Waals surface area (Å²) in [6.45, 7) is 0.0849. The summed E-state index contributed by atoms with van der Waals surface area (Å²) in [6.07, 6.45) is -4.51. The maximum absolute atomic E-state index is 12.0. The zero-order valence-electron chi connectivity index (χ0n) is 11.2. The molecule has 0 spiro atoms. The second kappa shape index (κ2) is 6.51. The van der Waals surface area contributed by atoms with Gasteiger partial charge in [0.1, 0.15) is 0 Å². The Morgan fingerprint density at radius 1 is 1.40 bits per heavy atom. The Labute approximate surface area is 113 Å². The molecular weight excluding hydrogens is 279 g/mol. The molecule has 20 heavy (non-hydrogen) atoms. The van der Waals surface area contributed by atoms with Gasteiger partial charge in [-0.05, 0) is 13.0 Å². The Balaban J connectivity index is 2.71. The number of hydrogen-bond acceptors (Lipinski definition) is 5. The third kappa shape index (κ3) is 5.00. The summed E-state index contributed by atoms with van der Waals surface area (Å²) < 4.78 is 40.6. The molecule has 112 valence electrons. The number of hydroxylamine groups is 2. The van der Waals surface area contributed by atoms with Crippen LogP contribution in [0.15, 0.2) is 6.07 Å². The lowest BCUT2D eigenvalue weighted by Gasteiger charge is -2.13. The molecule has 0 aliphatic heterocycles. The first-order valence-electron chi connectivity index (χ1n) is 5.56. The number of carbonyl (C=O) groups excluding carboxylic acids is 1. The van der Waals surface area contributed by atoms with Gasteiger partial charge in [0.25, 0.3) is 5.91 Å². The van der Waals surface area contributed by atoms with Crippen LogP contribution in [0, 0.1) is 6.92 Å². The summed E-state index contributed by atoms with van der Waals surface area (Å²) >= 11 is 0. The average Bonchev–Trinajstić information content (AvgIpc) is 2.35. The van der Waals surface area contributed by atoms with Gasteiger partial charge in [0.15, 0.2) is 6.61 Å². The summed E-state index contributed by atoms with van der Waals surface area (Å²) in [4.78, 5) is 16.3. The van der Waals surface area contributed by atoms with E-state index in [2.05, 4.69) is 14.9 Å². The number of hydrogen-bond donors (Lipinski definition) is 0. The number of alkyl halides is 3. The summed E-state index contributed by atoms with van der Waals surface area (Å²) in [7, 11) is 2.77. The van der Waals surface area contributed by atoms with E-state index >= 15 is 0 Å². The summed E-state index contributed by atoms with van der Waals surface area (Å²) in [5, 5.41) is 8.21. The highest BCUT2D eigenvalue weighted by Gasteiger charge is 2.29. The highest BCUT2D eigenvalue weighted by molar-refractivity contribution is 5.77. The number of ether oxygens (including phenoxy) is 1. The predicted octanol–water partition coefficient (Wildman–Crippen LogP) is 1.29. The zero-order valence-corrected chi connectivity index (χ0v) is 11.2. The van der Waals surface area contributed by atoms with Crippen LogP contribution in [-0.2, 0) is 16.1 Å². The Morgan fingerprint density at radius 3 is 2.55 bits per heavy atom. The van der Waals surface area contributed by atoms with E-state index in [0.717, 1.165) is 5.06 Å². The van der Waals surface area contributed by atoms with Crippen molar-refractivity contribution in [1.29, 1.82) is 0 Å². The van der Waals surface area contributed by atoms with E-state index in [0.29, 0.717) is 11.3 Å². The molecule has 0 saturated carbocycles. The van der Waals surface area contributed by atoms with E-state index in [1.54, 1.807) is 0 Å². The van der Waals surface area contributed by atoms with Crippen molar-refractivity contribution in [1.82, 2.24) is 15.3 Å². The van der Waals surface area contributed by atoms with Crippen LogP contribution >= 0.6 is 0 Å². The van der Waals surface area contributed by atoms with Crippen molar-refractivity contribution in [3.8, 4) is 5.88 Å². The van der Waals surface area contributed by atoms with Gasteiger partial charge >= 0.3 is 6.18 Å². The minimum Gasteiger partial charge on any atom is -0.467 e. The highest BCUT2D eigenvalue weighted by Crippen LogP contribution is 2.19. The van der Waals surface area contributed by atoms with Crippen molar-refractivity contribution in [2.24, 2.45) is 0 Å². The van der Waals surface area contributed by atoms with Crippen molar-refractivity contribution in [2.45, 2.75) is 19.5 Å². The molecule has 1 aromatic rings. The maximum Gasteiger partial charge on any atom is 0.422 e. The normalized spacial score (nSPS) is 11.3. The summed E-state index contributed by atoms with van der Waals surface area (Å²) in [5.41, 5.74) is 0.683. The largest absolute Gasteiger partial charge is 0.467 e. The monoisotopic (exact) mass is 293 g/mol. The minimum atomic E-state index is -4.44. The van der Waals surface area contributed by atoms with Crippen LogP contribution in [0.2, 0.25) is 0 Å². The van der Waals surface area contributed by atoms with Gasteiger partial charge in [-0.3, -0.25) is 9.63 Å². The molecule has 0 N–H and O–H groups in total. The second-order valence-electron chi connectivity index (χ2n) is 3.98. The van der Waals surface area contributed by atoms with E-state index in [9.17, 15) is 18.0 Å². The standard InChI is InChI=1S/C11H14F3N3O3/c1-7-4-8(5-9(18)17(2)19-3)15-16-10(7)20-6-11(12,13)14/h4H,5-6H2,1-3H3. The van der Waals surface area contributed by atoms with E-state index in [1.807, 2.05) is 0 Å². The molecule has 0 radical (unpaired) electrons. The molecule has 6 nitrogen and oxygen atoms in total. The fourth-order valence-corrected chi connectivity index (χ4v) is 1.28. The lowest BCUT2D eigenvalue weighted by molar-refractivity contribution is -0.167. The van der Waals surface area contributed by atoms with Gasteiger partial charge in [0.2, 0.25) is 5.88 Å². The van der Waals surface area contributed by atoms with Crippen LogP contribution in [0.1, 0.15) is 11.3 Å². The van der Waals surface area contributed by atoms with E-state index in [1.165, 1.54) is 27.1 Å². The van der Waals surface area contributed by atoms with Crippen LogP contribution in [0.25, 0.3) is 0 Å². The molecule has 1 heterocycles. The minimum absolute atomic E-state index is 0.0717. The third-order valence-electron chi connectivity index (χ3n) is 2.32. The number of aryl methyl sites for hydroxylation is 1. The van der Waals surface area contributed by atoms with Gasteiger partial charge < -0.3 is 4.74 Å². The molecule has 1 aromatic heterocycles. The smallest absolute Gasteiger partial charge is 0.422 e. The molecule has 0 aliphatic rings. The Hall–Kier alpha value is -1.90. The van der Waals surface area contributed by atoms with Gasteiger partial charge in [-0.15, -0.1) is 5.10 Å².